The van der Waals surface area contributed by atoms with Crippen LogP contribution in [0, 0.1) is 12.7 Å². The summed E-state index contributed by atoms with van der Waals surface area (Å²) in [5.41, 5.74) is 7.05. The van der Waals surface area contributed by atoms with Gasteiger partial charge < -0.3 is 15.2 Å². The second-order valence-corrected chi connectivity index (χ2v) is 4.70. The van der Waals surface area contributed by atoms with Crippen LogP contribution in [0.2, 0.25) is 0 Å². The van der Waals surface area contributed by atoms with Crippen LogP contribution in [0.1, 0.15) is 37.9 Å². The van der Waals surface area contributed by atoms with E-state index in [-0.39, 0.29) is 18.0 Å². The predicted molar refractivity (Wildman–Crippen MR) is 70.3 cm³/mol. The van der Waals surface area contributed by atoms with E-state index >= 15 is 0 Å². The van der Waals surface area contributed by atoms with Crippen molar-refractivity contribution in [3.63, 3.8) is 0 Å². The lowest BCUT2D eigenvalue weighted by atomic mass is 10.1. The minimum Gasteiger partial charge on any atom is -0.491 e. The number of halogens is 1. The molecular weight excluding hydrogens is 233 g/mol. The van der Waals surface area contributed by atoms with Gasteiger partial charge in [-0.2, -0.15) is 0 Å². The Labute approximate surface area is 108 Å². The highest BCUT2D eigenvalue weighted by Crippen LogP contribution is 2.27. The van der Waals surface area contributed by atoms with Gasteiger partial charge in [0, 0.05) is 11.6 Å². The summed E-state index contributed by atoms with van der Waals surface area (Å²) in [6, 6.07) is 2.86. The molecule has 0 aliphatic heterocycles. The molecule has 0 saturated carbocycles. The van der Waals surface area contributed by atoms with Gasteiger partial charge in [0.15, 0.2) is 0 Å². The summed E-state index contributed by atoms with van der Waals surface area (Å²) in [4.78, 5) is 0. The van der Waals surface area contributed by atoms with Crippen molar-refractivity contribution in [3.05, 3.63) is 29.1 Å². The number of hydrogen-bond acceptors (Lipinski definition) is 3. The van der Waals surface area contributed by atoms with Gasteiger partial charge in [-0.25, -0.2) is 4.39 Å². The number of benzene rings is 1. The lowest BCUT2D eigenvalue weighted by molar-refractivity contribution is 0.0549. The standard InChI is InChI=1S/C14H22FNO2/c1-9(2)17-5-6-18-14-7-10(3)13(15)8-12(14)11(4)16/h7-9,11H,5-6,16H2,1-4H3/t11-/m1/s1. The Morgan fingerprint density at radius 2 is 1.89 bits per heavy atom. The quantitative estimate of drug-likeness (QED) is 0.795. The molecule has 0 aliphatic carbocycles. The van der Waals surface area contributed by atoms with Crippen molar-refractivity contribution < 1.29 is 13.9 Å². The molecule has 1 aromatic rings. The fraction of sp³-hybridized carbons (Fsp3) is 0.571. The first kappa shape index (κ1) is 14.9. The van der Waals surface area contributed by atoms with Crippen molar-refractivity contribution in [2.75, 3.05) is 13.2 Å². The third kappa shape index (κ3) is 4.27. The van der Waals surface area contributed by atoms with Gasteiger partial charge in [-0.3, -0.25) is 0 Å². The SMILES string of the molecule is Cc1cc(OCCOC(C)C)c([C@@H](C)N)cc1F. The zero-order valence-electron chi connectivity index (χ0n) is 11.5. The predicted octanol–water partition coefficient (Wildman–Crippen LogP) is 2.96. The molecule has 0 aliphatic rings. The van der Waals surface area contributed by atoms with Crippen molar-refractivity contribution in [3.8, 4) is 5.75 Å². The Morgan fingerprint density at radius 1 is 1.22 bits per heavy atom. The molecule has 0 saturated heterocycles. The molecule has 0 fully saturated rings. The Morgan fingerprint density at radius 3 is 2.44 bits per heavy atom. The summed E-state index contributed by atoms with van der Waals surface area (Å²) in [5.74, 6) is 0.379. The largest absolute Gasteiger partial charge is 0.491 e. The van der Waals surface area contributed by atoms with E-state index in [0.717, 1.165) is 0 Å². The number of nitrogens with two attached hydrogens (primary N) is 1. The molecule has 0 spiro atoms. The monoisotopic (exact) mass is 255 g/mol. The maximum atomic E-state index is 13.5. The minimum absolute atomic E-state index is 0.177. The first-order valence-corrected chi connectivity index (χ1v) is 6.21. The van der Waals surface area contributed by atoms with Gasteiger partial charge in [0.25, 0.3) is 0 Å². The molecule has 0 radical (unpaired) electrons. The van der Waals surface area contributed by atoms with E-state index in [2.05, 4.69) is 0 Å². The molecule has 0 amide bonds. The lowest BCUT2D eigenvalue weighted by Crippen LogP contribution is -2.14. The van der Waals surface area contributed by atoms with Crippen molar-refractivity contribution >= 4 is 0 Å². The summed E-state index contributed by atoms with van der Waals surface area (Å²) >= 11 is 0. The fourth-order valence-corrected chi connectivity index (χ4v) is 1.59. The topological polar surface area (TPSA) is 44.5 Å². The maximum absolute atomic E-state index is 13.5. The molecule has 102 valence electrons. The molecule has 2 N–H and O–H groups in total. The Kier molecular flexibility index (Phi) is 5.56. The molecule has 0 aromatic heterocycles. The molecule has 1 rings (SSSR count). The maximum Gasteiger partial charge on any atom is 0.126 e. The summed E-state index contributed by atoms with van der Waals surface area (Å²) < 4.78 is 24.5. The summed E-state index contributed by atoms with van der Waals surface area (Å²) in [5, 5.41) is 0. The molecule has 0 unspecified atom stereocenters. The molecule has 1 atom stereocenters. The third-order valence-corrected chi connectivity index (χ3v) is 2.57. The molecule has 1 aromatic carbocycles. The number of rotatable bonds is 6. The van der Waals surface area contributed by atoms with Crippen LogP contribution in [0.25, 0.3) is 0 Å². The smallest absolute Gasteiger partial charge is 0.126 e. The van der Waals surface area contributed by atoms with E-state index < -0.39 is 0 Å². The van der Waals surface area contributed by atoms with Crippen LogP contribution < -0.4 is 10.5 Å². The zero-order chi connectivity index (χ0) is 13.7. The van der Waals surface area contributed by atoms with E-state index in [9.17, 15) is 4.39 Å². The molecule has 3 nitrogen and oxygen atoms in total. The zero-order valence-corrected chi connectivity index (χ0v) is 11.5. The van der Waals surface area contributed by atoms with Crippen LogP contribution in [0.5, 0.6) is 5.75 Å². The van der Waals surface area contributed by atoms with Crippen LogP contribution in [0.15, 0.2) is 12.1 Å². The Bertz CT molecular complexity index is 392. The van der Waals surface area contributed by atoms with Gasteiger partial charge >= 0.3 is 0 Å². The van der Waals surface area contributed by atoms with Crippen molar-refractivity contribution in [2.45, 2.75) is 39.8 Å². The van der Waals surface area contributed by atoms with Crippen molar-refractivity contribution in [1.82, 2.24) is 0 Å². The van der Waals surface area contributed by atoms with E-state index in [4.69, 9.17) is 15.2 Å². The van der Waals surface area contributed by atoms with Crippen LogP contribution in [-0.4, -0.2) is 19.3 Å². The summed E-state index contributed by atoms with van der Waals surface area (Å²) in [6.07, 6.45) is 0.177. The Hall–Kier alpha value is -1.13. The number of ether oxygens (including phenoxy) is 2. The molecule has 0 heterocycles. The molecular formula is C14H22FNO2. The highest BCUT2D eigenvalue weighted by molar-refractivity contribution is 5.39. The lowest BCUT2D eigenvalue weighted by Gasteiger charge is -2.16. The minimum atomic E-state index is -0.263. The van der Waals surface area contributed by atoms with E-state index in [1.807, 2.05) is 20.8 Å². The summed E-state index contributed by atoms with van der Waals surface area (Å²) in [7, 11) is 0. The van der Waals surface area contributed by atoms with Gasteiger partial charge in [-0.1, -0.05) is 0 Å². The second kappa shape index (κ2) is 6.71. The van der Waals surface area contributed by atoms with Gasteiger partial charge in [0.05, 0.1) is 12.7 Å². The number of aryl methyl sites for hydroxylation is 1. The van der Waals surface area contributed by atoms with Gasteiger partial charge in [-0.15, -0.1) is 0 Å². The third-order valence-electron chi connectivity index (χ3n) is 2.57. The fourth-order valence-electron chi connectivity index (χ4n) is 1.59. The molecule has 4 heteroatoms. The van der Waals surface area contributed by atoms with Gasteiger partial charge in [-0.05, 0) is 45.4 Å². The normalized spacial score (nSPS) is 12.8. The average Bonchev–Trinajstić information content (AvgIpc) is 2.28. The van der Waals surface area contributed by atoms with Crippen LogP contribution >= 0.6 is 0 Å². The van der Waals surface area contributed by atoms with Crippen LogP contribution in [0.3, 0.4) is 0 Å². The van der Waals surface area contributed by atoms with E-state index in [1.54, 1.807) is 13.0 Å². The van der Waals surface area contributed by atoms with Gasteiger partial charge in [0.1, 0.15) is 18.2 Å². The molecule has 18 heavy (non-hydrogen) atoms. The first-order chi connectivity index (χ1) is 8.41. The van der Waals surface area contributed by atoms with Crippen LogP contribution in [-0.2, 0) is 4.74 Å². The van der Waals surface area contributed by atoms with E-state index in [0.29, 0.717) is 30.1 Å². The number of hydrogen-bond donors (Lipinski definition) is 1. The van der Waals surface area contributed by atoms with E-state index in [1.165, 1.54) is 6.07 Å². The van der Waals surface area contributed by atoms with Crippen molar-refractivity contribution in [2.24, 2.45) is 5.73 Å². The first-order valence-electron chi connectivity index (χ1n) is 6.21. The average molecular weight is 255 g/mol. The van der Waals surface area contributed by atoms with Crippen LogP contribution in [0.4, 0.5) is 4.39 Å². The Balaban J connectivity index is 2.71. The second-order valence-electron chi connectivity index (χ2n) is 4.70. The molecule has 0 bridgehead atoms. The van der Waals surface area contributed by atoms with Crippen molar-refractivity contribution in [1.29, 1.82) is 0 Å². The highest BCUT2D eigenvalue weighted by Gasteiger charge is 2.12. The van der Waals surface area contributed by atoms with Gasteiger partial charge in [0.2, 0.25) is 0 Å². The highest BCUT2D eigenvalue weighted by atomic mass is 19.1. The summed E-state index contributed by atoms with van der Waals surface area (Å²) in [6.45, 7) is 8.39.